The summed E-state index contributed by atoms with van der Waals surface area (Å²) in [6, 6.07) is 6.54. The molecule has 0 heterocycles. The van der Waals surface area contributed by atoms with E-state index in [1.165, 1.54) is 12.1 Å². The van der Waals surface area contributed by atoms with Crippen molar-refractivity contribution < 1.29 is 9.18 Å². The molecule has 1 aromatic rings. The van der Waals surface area contributed by atoms with Crippen molar-refractivity contribution in [1.82, 2.24) is 16.0 Å². The van der Waals surface area contributed by atoms with Gasteiger partial charge in [-0.25, -0.2) is 4.39 Å². The normalized spacial score (nSPS) is 12.0. The van der Waals surface area contributed by atoms with Gasteiger partial charge in [0.2, 0.25) is 5.91 Å². The quantitative estimate of drug-likeness (QED) is 0.529. The molecule has 0 aliphatic rings. The van der Waals surface area contributed by atoms with Crippen LogP contribution >= 0.6 is 0 Å². The van der Waals surface area contributed by atoms with Gasteiger partial charge < -0.3 is 16.0 Å². The van der Waals surface area contributed by atoms with E-state index in [1.807, 2.05) is 26.8 Å². The number of hydrogen-bond acceptors (Lipinski definition) is 2. The van der Waals surface area contributed by atoms with E-state index in [4.69, 9.17) is 0 Å². The summed E-state index contributed by atoms with van der Waals surface area (Å²) in [5.74, 6) is 0.398. The number of amides is 1. The Kier molecular flexibility index (Phi) is 7.51. The number of benzene rings is 1. The zero-order valence-electron chi connectivity index (χ0n) is 14.4. The molecule has 1 aromatic carbocycles. The Morgan fingerprint density at radius 1 is 1.26 bits per heavy atom. The molecule has 0 aromatic heterocycles. The van der Waals surface area contributed by atoms with Crippen molar-refractivity contribution in [1.29, 1.82) is 0 Å². The summed E-state index contributed by atoms with van der Waals surface area (Å²) >= 11 is 0. The zero-order chi connectivity index (χ0) is 17.3. The van der Waals surface area contributed by atoms with Gasteiger partial charge in [-0.1, -0.05) is 12.1 Å². The third-order valence-corrected chi connectivity index (χ3v) is 3.47. The molecule has 0 unspecified atom stereocenters. The summed E-state index contributed by atoms with van der Waals surface area (Å²) in [6.07, 6.45) is 0.693. The number of nitrogens with zero attached hydrogens (tertiary/aromatic N) is 1. The molecular weight excluding hydrogens is 295 g/mol. The third kappa shape index (κ3) is 6.67. The topological polar surface area (TPSA) is 65.5 Å². The predicted octanol–water partition coefficient (Wildman–Crippen LogP) is 1.70. The fraction of sp³-hybridized carbons (Fsp3) is 0.529. The molecule has 1 rings (SSSR count). The zero-order valence-corrected chi connectivity index (χ0v) is 14.4. The van der Waals surface area contributed by atoms with Gasteiger partial charge in [0.1, 0.15) is 5.82 Å². The Morgan fingerprint density at radius 2 is 2.00 bits per heavy atom. The third-order valence-electron chi connectivity index (χ3n) is 3.47. The second kappa shape index (κ2) is 9.12. The maximum absolute atomic E-state index is 13.1. The van der Waals surface area contributed by atoms with Gasteiger partial charge in [0.05, 0.1) is 5.41 Å². The van der Waals surface area contributed by atoms with E-state index in [0.29, 0.717) is 32.0 Å². The number of hydrogen-bond donors (Lipinski definition) is 3. The number of rotatable bonds is 7. The van der Waals surface area contributed by atoms with Crippen LogP contribution in [0.5, 0.6) is 0 Å². The van der Waals surface area contributed by atoms with Gasteiger partial charge in [-0.05, 0) is 44.9 Å². The molecule has 1 amide bonds. The molecule has 0 atom stereocenters. The van der Waals surface area contributed by atoms with Gasteiger partial charge in [0.25, 0.3) is 0 Å². The lowest BCUT2D eigenvalue weighted by Crippen LogP contribution is -2.48. The van der Waals surface area contributed by atoms with Crippen LogP contribution in [0.15, 0.2) is 29.3 Å². The van der Waals surface area contributed by atoms with Gasteiger partial charge in [-0.2, -0.15) is 0 Å². The monoisotopic (exact) mass is 322 g/mol. The maximum Gasteiger partial charge on any atom is 0.227 e. The molecule has 128 valence electrons. The summed E-state index contributed by atoms with van der Waals surface area (Å²) in [5, 5.41) is 9.14. The van der Waals surface area contributed by atoms with Crippen LogP contribution in [0, 0.1) is 11.2 Å². The Hall–Kier alpha value is -2.11. The average Bonchev–Trinajstić information content (AvgIpc) is 2.51. The molecule has 0 saturated heterocycles. The number of carbonyl (C=O) groups is 1. The molecule has 3 N–H and O–H groups in total. The molecule has 0 saturated carbocycles. The molecule has 0 fully saturated rings. The van der Waals surface area contributed by atoms with E-state index < -0.39 is 5.41 Å². The summed E-state index contributed by atoms with van der Waals surface area (Å²) in [4.78, 5) is 16.1. The van der Waals surface area contributed by atoms with Crippen molar-refractivity contribution in [3.8, 4) is 0 Å². The van der Waals surface area contributed by atoms with Crippen LogP contribution in [0.4, 0.5) is 4.39 Å². The lowest BCUT2D eigenvalue weighted by molar-refractivity contribution is -0.128. The predicted molar refractivity (Wildman–Crippen MR) is 91.9 cm³/mol. The highest BCUT2D eigenvalue weighted by Crippen LogP contribution is 2.13. The van der Waals surface area contributed by atoms with E-state index in [9.17, 15) is 9.18 Å². The van der Waals surface area contributed by atoms with Crippen molar-refractivity contribution >= 4 is 11.9 Å². The fourth-order valence-corrected chi connectivity index (χ4v) is 2.02. The lowest BCUT2D eigenvalue weighted by atomic mass is 9.92. The molecule has 0 bridgehead atoms. The number of guanidine groups is 1. The minimum Gasteiger partial charge on any atom is -0.356 e. The van der Waals surface area contributed by atoms with Crippen LogP contribution in [-0.4, -0.2) is 38.5 Å². The van der Waals surface area contributed by atoms with Crippen LogP contribution in [-0.2, 0) is 11.2 Å². The fourth-order valence-electron chi connectivity index (χ4n) is 2.02. The highest BCUT2D eigenvalue weighted by Gasteiger charge is 2.27. The van der Waals surface area contributed by atoms with Crippen LogP contribution in [0.3, 0.4) is 0 Å². The average molecular weight is 322 g/mol. The van der Waals surface area contributed by atoms with E-state index in [2.05, 4.69) is 20.9 Å². The highest BCUT2D eigenvalue weighted by molar-refractivity contribution is 5.84. The van der Waals surface area contributed by atoms with Crippen LogP contribution < -0.4 is 16.0 Å². The van der Waals surface area contributed by atoms with Crippen molar-refractivity contribution in [2.75, 3.05) is 26.7 Å². The van der Waals surface area contributed by atoms with Crippen molar-refractivity contribution in [2.45, 2.75) is 27.2 Å². The minimum absolute atomic E-state index is 0.00251. The number of halogens is 1. The summed E-state index contributed by atoms with van der Waals surface area (Å²) < 4.78 is 13.1. The van der Waals surface area contributed by atoms with Crippen LogP contribution in [0.1, 0.15) is 26.3 Å². The summed E-state index contributed by atoms with van der Waals surface area (Å²) in [5.41, 5.74) is 0.395. The largest absolute Gasteiger partial charge is 0.356 e. The Labute approximate surface area is 137 Å². The molecule has 0 aliphatic heterocycles. The molecule has 5 nitrogen and oxygen atoms in total. The Balaban J connectivity index is 2.41. The first kappa shape index (κ1) is 18.9. The molecule has 0 spiro atoms. The van der Waals surface area contributed by atoms with Gasteiger partial charge in [0, 0.05) is 26.7 Å². The molecule has 23 heavy (non-hydrogen) atoms. The van der Waals surface area contributed by atoms with Gasteiger partial charge in [0.15, 0.2) is 5.96 Å². The van der Waals surface area contributed by atoms with Crippen molar-refractivity contribution in [2.24, 2.45) is 10.4 Å². The number of carbonyl (C=O) groups excluding carboxylic acids is 1. The Bertz CT molecular complexity index is 543. The van der Waals surface area contributed by atoms with Gasteiger partial charge in [-0.3, -0.25) is 9.79 Å². The highest BCUT2D eigenvalue weighted by atomic mass is 19.1. The van der Waals surface area contributed by atoms with Crippen LogP contribution in [0.25, 0.3) is 0 Å². The number of aliphatic imine (C=N–C) groups is 1. The first-order valence-corrected chi connectivity index (χ1v) is 7.86. The number of nitrogens with one attached hydrogen (secondary N) is 3. The SMILES string of the molecule is CCNC(=O)C(C)(C)CNC(=NC)NCCc1cccc(F)c1. The second-order valence-corrected chi connectivity index (χ2v) is 5.98. The summed E-state index contributed by atoms with van der Waals surface area (Å²) in [6.45, 7) is 7.37. The first-order valence-electron chi connectivity index (χ1n) is 7.86. The summed E-state index contributed by atoms with van der Waals surface area (Å²) in [7, 11) is 1.68. The van der Waals surface area contributed by atoms with E-state index in [-0.39, 0.29) is 11.7 Å². The van der Waals surface area contributed by atoms with Crippen molar-refractivity contribution in [3.63, 3.8) is 0 Å². The first-order chi connectivity index (χ1) is 10.9. The van der Waals surface area contributed by atoms with Crippen LogP contribution in [0.2, 0.25) is 0 Å². The van der Waals surface area contributed by atoms with Gasteiger partial charge in [-0.15, -0.1) is 0 Å². The van der Waals surface area contributed by atoms with Crippen molar-refractivity contribution in [3.05, 3.63) is 35.6 Å². The maximum atomic E-state index is 13.1. The molecule has 6 heteroatoms. The molecular formula is C17H27FN4O. The molecule has 0 radical (unpaired) electrons. The van der Waals surface area contributed by atoms with E-state index in [0.717, 1.165) is 5.56 Å². The smallest absolute Gasteiger partial charge is 0.227 e. The minimum atomic E-state index is -0.532. The van der Waals surface area contributed by atoms with E-state index >= 15 is 0 Å². The lowest BCUT2D eigenvalue weighted by Gasteiger charge is -2.24. The van der Waals surface area contributed by atoms with E-state index in [1.54, 1.807) is 13.1 Å². The van der Waals surface area contributed by atoms with Gasteiger partial charge >= 0.3 is 0 Å². The Morgan fingerprint density at radius 3 is 2.61 bits per heavy atom. The molecule has 0 aliphatic carbocycles. The second-order valence-electron chi connectivity index (χ2n) is 5.98. The standard InChI is InChI=1S/C17H27FN4O/c1-5-20-15(23)17(2,3)12-22-16(19-4)21-10-9-13-7-6-8-14(18)11-13/h6-8,11H,5,9-10,12H2,1-4H3,(H,20,23)(H2,19,21,22).